The highest BCUT2D eigenvalue weighted by Gasteiger charge is 2.05. The van der Waals surface area contributed by atoms with Gasteiger partial charge in [-0.05, 0) is 38.3 Å². The van der Waals surface area contributed by atoms with E-state index in [0.29, 0.717) is 19.8 Å². The Morgan fingerprint density at radius 2 is 1.93 bits per heavy atom. The number of aromatic nitrogens is 3. The molecule has 0 unspecified atom stereocenters. The molecule has 2 aromatic rings. The summed E-state index contributed by atoms with van der Waals surface area (Å²) in [6.45, 7) is 8.65. The van der Waals surface area contributed by atoms with Crippen LogP contribution in [0.2, 0.25) is 0 Å². The molecule has 0 bridgehead atoms. The van der Waals surface area contributed by atoms with Crippen LogP contribution in [0.1, 0.15) is 37.3 Å². The third-order valence-corrected chi connectivity index (χ3v) is 4.33. The zero-order valence-corrected chi connectivity index (χ0v) is 17.9. The highest BCUT2D eigenvalue weighted by Crippen LogP contribution is 2.21. The van der Waals surface area contributed by atoms with Crippen LogP contribution in [0.5, 0.6) is 5.75 Å². The van der Waals surface area contributed by atoms with Crippen LogP contribution in [0.4, 0.5) is 0 Å². The Bertz CT molecular complexity index is 718. The van der Waals surface area contributed by atoms with Gasteiger partial charge in [-0.3, -0.25) is 0 Å². The fourth-order valence-corrected chi connectivity index (χ4v) is 2.78. The summed E-state index contributed by atoms with van der Waals surface area (Å²) in [4.78, 5) is 4.73. The molecular formula is C21H34N6O2. The van der Waals surface area contributed by atoms with Crippen LogP contribution in [-0.2, 0) is 17.8 Å². The number of nitrogens with one attached hydrogen (secondary N) is 2. The third-order valence-electron chi connectivity index (χ3n) is 4.33. The monoisotopic (exact) mass is 402 g/mol. The Balaban J connectivity index is 1.84. The summed E-state index contributed by atoms with van der Waals surface area (Å²) in [6, 6.07) is 6.26. The molecule has 0 atom stereocenters. The average molecular weight is 403 g/mol. The molecule has 1 heterocycles. The van der Waals surface area contributed by atoms with E-state index in [9.17, 15) is 0 Å². The van der Waals surface area contributed by atoms with Crippen molar-refractivity contribution in [1.29, 1.82) is 0 Å². The van der Waals surface area contributed by atoms with Crippen molar-refractivity contribution in [3.05, 3.63) is 42.0 Å². The van der Waals surface area contributed by atoms with Crippen LogP contribution in [0.3, 0.4) is 0 Å². The molecule has 29 heavy (non-hydrogen) atoms. The molecule has 2 rings (SSSR count). The molecule has 8 heteroatoms. The van der Waals surface area contributed by atoms with Crippen LogP contribution in [0.25, 0.3) is 0 Å². The Kier molecular flexibility index (Phi) is 10.6. The van der Waals surface area contributed by atoms with Crippen LogP contribution in [0, 0.1) is 6.92 Å². The topological polar surface area (TPSA) is 85.6 Å². The van der Waals surface area contributed by atoms with Crippen LogP contribution in [-0.4, -0.2) is 54.1 Å². The summed E-state index contributed by atoms with van der Waals surface area (Å²) in [6.07, 6.45) is 6.46. The second kappa shape index (κ2) is 13.5. The first-order valence-electron chi connectivity index (χ1n) is 10.3. The lowest BCUT2D eigenvalue weighted by Crippen LogP contribution is -2.37. The van der Waals surface area contributed by atoms with Crippen molar-refractivity contribution in [2.45, 2.75) is 46.2 Å². The first kappa shape index (κ1) is 22.7. The quantitative estimate of drug-likeness (QED) is 0.304. The van der Waals surface area contributed by atoms with Crippen LogP contribution >= 0.6 is 0 Å². The second-order valence-corrected chi connectivity index (χ2v) is 6.83. The van der Waals surface area contributed by atoms with Gasteiger partial charge in [0, 0.05) is 45.3 Å². The summed E-state index contributed by atoms with van der Waals surface area (Å²) < 4.78 is 13.0. The smallest absolute Gasteiger partial charge is 0.191 e. The summed E-state index contributed by atoms with van der Waals surface area (Å²) in [5.74, 6) is 1.72. The normalized spacial score (nSPS) is 11.5. The largest absolute Gasteiger partial charge is 0.493 e. The van der Waals surface area contributed by atoms with Crippen molar-refractivity contribution in [3.63, 3.8) is 0 Å². The minimum Gasteiger partial charge on any atom is -0.493 e. The molecule has 1 aromatic carbocycles. The van der Waals surface area contributed by atoms with Crippen LogP contribution in [0.15, 0.2) is 35.8 Å². The first-order chi connectivity index (χ1) is 14.2. The number of nitrogens with zero attached hydrogens (tertiary/aromatic N) is 4. The van der Waals surface area contributed by atoms with Crippen molar-refractivity contribution in [2.24, 2.45) is 4.99 Å². The fourth-order valence-electron chi connectivity index (χ4n) is 2.78. The molecule has 0 radical (unpaired) electrons. The molecule has 160 valence electrons. The molecular weight excluding hydrogens is 368 g/mol. The van der Waals surface area contributed by atoms with E-state index in [1.54, 1.807) is 19.8 Å². The minimum atomic E-state index is 0.565. The van der Waals surface area contributed by atoms with Gasteiger partial charge in [-0.15, -0.1) is 10.2 Å². The number of aryl methyl sites for hydroxylation is 2. The fraction of sp³-hybridized carbons (Fsp3) is 0.571. The van der Waals surface area contributed by atoms with Crippen molar-refractivity contribution < 1.29 is 9.47 Å². The van der Waals surface area contributed by atoms with E-state index in [4.69, 9.17) is 14.5 Å². The van der Waals surface area contributed by atoms with E-state index in [2.05, 4.69) is 52.9 Å². The predicted molar refractivity (Wildman–Crippen MR) is 115 cm³/mol. The van der Waals surface area contributed by atoms with Crippen molar-refractivity contribution in [2.75, 3.05) is 33.4 Å². The lowest BCUT2D eigenvalue weighted by molar-refractivity contribution is 0.172. The van der Waals surface area contributed by atoms with E-state index in [-0.39, 0.29) is 0 Å². The van der Waals surface area contributed by atoms with Gasteiger partial charge in [0.05, 0.1) is 13.2 Å². The summed E-state index contributed by atoms with van der Waals surface area (Å²) in [5.41, 5.74) is 2.26. The summed E-state index contributed by atoms with van der Waals surface area (Å²) in [7, 11) is 1.71. The van der Waals surface area contributed by atoms with E-state index in [1.165, 1.54) is 5.56 Å². The van der Waals surface area contributed by atoms with Crippen LogP contribution < -0.4 is 15.4 Å². The Morgan fingerprint density at radius 1 is 1.10 bits per heavy atom. The number of ether oxygens (including phenoxy) is 2. The van der Waals surface area contributed by atoms with Gasteiger partial charge in [0.25, 0.3) is 0 Å². The number of methoxy groups -OCH3 is 1. The van der Waals surface area contributed by atoms with Gasteiger partial charge in [-0.1, -0.05) is 12.1 Å². The van der Waals surface area contributed by atoms with E-state index >= 15 is 0 Å². The highest BCUT2D eigenvalue weighted by molar-refractivity contribution is 5.79. The van der Waals surface area contributed by atoms with Crippen molar-refractivity contribution in [1.82, 2.24) is 25.4 Å². The molecule has 0 saturated carbocycles. The Labute approximate surface area is 173 Å². The van der Waals surface area contributed by atoms with Gasteiger partial charge in [0.2, 0.25) is 0 Å². The second-order valence-electron chi connectivity index (χ2n) is 6.83. The van der Waals surface area contributed by atoms with Gasteiger partial charge < -0.3 is 24.7 Å². The average Bonchev–Trinajstić information content (AvgIpc) is 3.23. The van der Waals surface area contributed by atoms with Gasteiger partial charge in [-0.2, -0.15) is 0 Å². The molecule has 2 N–H and O–H groups in total. The molecule has 1 aromatic heterocycles. The maximum atomic E-state index is 5.96. The van der Waals surface area contributed by atoms with Crippen molar-refractivity contribution >= 4 is 5.96 Å². The molecule has 8 nitrogen and oxygen atoms in total. The number of hydrogen-bond acceptors (Lipinski definition) is 5. The third kappa shape index (κ3) is 8.95. The molecule has 0 aliphatic heterocycles. The molecule has 0 aliphatic carbocycles. The zero-order valence-electron chi connectivity index (χ0n) is 17.9. The molecule has 0 aliphatic rings. The van der Waals surface area contributed by atoms with E-state index in [0.717, 1.165) is 56.2 Å². The van der Waals surface area contributed by atoms with E-state index < -0.39 is 0 Å². The number of rotatable bonds is 13. The highest BCUT2D eigenvalue weighted by atomic mass is 16.5. The standard InChI is InChI=1S/C21H34N6O2/c1-4-22-21(23-10-5-6-11-27-16-25-26-17-27)24-15-19-9-8-18(2)14-20(19)29-13-7-12-28-3/h8-9,14,16-17H,4-7,10-13,15H2,1-3H3,(H2,22,23,24). The predicted octanol–water partition coefficient (Wildman–Crippen LogP) is 2.54. The maximum Gasteiger partial charge on any atom is 0.191 e. The number of unbranched alkanes of at least 4 members (excludes halogenated alkanes) is 1. The van der Waals surface area contributed by atoms with Gasteiger partial charge in [0.1, 0.15) is 18.4 Å². The van der Waals surface area contributed by atoms with Gasteiger partial charge in [-0.25, -0.2) is 4.99 Å². The first-order valence-corrected chi connectivity index (χ1v) is 10.3. The lowest BCUT2D eigenvalue weighted by atomic mass is 10.1. The number of benzene rings is 1. The molecule has 0 amide bonds. The van der Waals surface area contributed by atoms with E-state index in [1.807, 2.05) is 4.57 Å². The number of hydrogen-bond donors (Lipinski definition) is 2. The SMILES string of the molecule is CCNC(=NCc1ccc(C)cc1OCCCOC)NCCCCn1cnnc1. The summed E-state index contributed by atoms with van der Waals surface area (Å²) >= 11 is 0. The number of aliphatic imine (C=N–C) groups is 1. The van der Waals surface area contributed by atoms with Gasteiger partial charge in [0.15, 0.2) is 5.96 Å². The Morgan fingerprint density at radius 3 is 2.69 bits per heavy atom. The molecule has 0 spiro atoms. The lowest BCUT2D eigenvalue weighted by Gasteiger charge is -2.14. The maximum absolute atomic E-state index is 5.96. The number of guanidine groups is 1. The zero-order chi connectivity index (χ0) is 20.7. The van der Waals surface area contributed by atoms with Crippen molar-refractivity contribution in [3.8, 4) is 5.75 Å². The summed E-state index contributed by atoms with van der Waals surface area (Å²) in [5, 5.41) is 14.3. The van der Waals surface area contributed by atoms with Gasteiger partial charge >= 0.3 is 0 Å². The minimum absolute atomic E-state index is 0.565. The Hall–Kier alpha value is -2.61. The molecule has 0 fully saturated rings. The molecule has 0 saturated heterocycles.